The van der Waals surface area contributed by atoms with E-state index in [4.69, 9.17) is 16.7 Å². The molecule has 0 atom stereocenters. The van der Waals surface area contributed by atoms with Gasteiger partial charge in [-0.25, -0.2) is 18.4 Å². The Kier molecular flexibility index (Phi) is 4.20. The molecule has 0 radical (unpaired) electrons. The van der Waals surface area contributed by atoms with Crippen molar-refractivity contribution >= 4 is 61.7 Å². The van der Waals surface area contributed by atoms with Gasteiger partial charge < -0.3 is 15.7 Å². The molecule has 2 rings (SSSR count). The third-order valence-corrected chi connectivity index (χ3v) is 5.73. The van der Waals surface area contributed by atoms with E-state index < -0.39 is 26.0 Å². The first-order chi connectivity index (χ1) is 9.29. The lowest BCUT2D eigenvalue weighted by Gasteiger charge is -2.05. The van der Waals surface area contributed by atoms with Gasteiger partial charge in [-0.1, -0.05) is 11.6 Å². The van der Waals surface area contributed by atoms with Crippen LogP contribution in [0.15, 0.2) is 21.0 Å². The second-order valence-electron chi connectivity index (χ2n) is 3.52. The van der Waals surface area contributed by atoms with Crippen LogP contribution < -0.4 is 15.8 Å². The van der Waals surface area contributed by atoms with Gasteiger partial charge in [0.25, 0.3) is 10.0 Å². The van der Waals surface area contributed by atoms with Crippen molar-refractivity contribution in [2.75, 3.05) is 10.6 Å². The first-order valence-corrected chi connectivity index (χ1v) is 8.61. The molecule has 0 saturated carbocycles. The van der Waals surface area contributed by atoms with Crippen LogP contribution in [-0.2, 0) is 10.0 Å². The standard InChI is InChI=1S/C9H8ClN3O4S3/c10-7-4(1-2-18-7)12-9(15)13-5-3-19-8(6(5)14)20(11,16)17/h1-3,14H,(H2,11,16,17)(H2,12,13,15). The van der Waals surface area contributed by atoms with E-state index in [0.717, 1.165) is 0 Å². The molecule has 0 saturated heterocycles. The predicted molar refractivity (Wildman–Crippen MR) is 79.3 cm³/mol. The van der Waals surface area contributed by atoms with Gasteiger partial charge in [0.15, 0.2) is 9.96 Å². The Balaban J connectivity index is 2.13. The van der Waals surface area contributed by atoms with Crippen LogP contribution in [0.3, 0.4) is 0 Å². The third-order valence-electron chi connectivity index (χ3n) is 2.11. The van der Waals surface area contributed by atoms with Gasteiger partial charge in [0.2, 0.25) is 0 Å². The first kappa shape index (κ1) is 15.1. The third kappa shape index (κ3) is 3.22. The second kappa shape index (κ2) is 5.58. The van der Waals surface area contributed by atoms with E-state index in [1.54, 1.807) is 11.4 Å². The number of rotatable bonds is 3. The maximum absolute atomic E-state index is 11.7. The molecule has 0 aliphatic rings. The van der Waals surface area contributed by atoms with Crippen LogP contribution in [0.1, 0.15) is 0 Å². The highest BCUT2D eigenvalue weighted by Gasteiger charge is 2.21. The van der Waals surface area contributed by atoms with E-state index in [9.17, 15) is 18.3 Å². The summed E-state index contributed by atoms with van der Waals surface area (Å²) >= 11 is 7.76. The average Bonchev–Trinajstić information content (AvgIpc) is 2.87. The molecule has 0 unspecified atom stereocenters. The van der Waals surface area contributed by atoms with Crippen molar-refractivity contribution in [1.29, 1.82) is 0 Å². The molecule has 7 nitrogen and oxygen atoms in total. The number of aromatic hydroxyl groups is 1. The summed E-state index contributed by atoms with van der Waals surface area (Å²) in [5.74, 6) is -0.593. The van der Waals surface area contributed by atoms with Crippen molar-refractivity contribution in [1.82, 2.24) is 0 Å². The van der Waals surface area contributed by atoms with Crippen LogP contribution in [0, 0.1) is 0 Å². The fourth-order valence-corrected chi connectivity index (χ4v) is 3.79. The van der Waals surface area contributed by atoms with Crippen molar-refractivity contribution in [3.8, 4) is 5.75 Å². The van der Waals surface area contributed by atoms with Crippen LogP contribution in [0.5, 0.6) is 5.75 Å². The van der Waals surface area contributed by atoms with E-state index in [0.29, 0.717) is 21.4 Å². The van der Waals surface area contributed by atoms with Gasteiger partial charge in [-0.3, -0.25) is 0 Å². The summed E-state index contributed by atoms with van der Waals surface area (Å²) in [4.78, 5) is 11.7. The molecule has 11 heteroatoms. The van der Waals surface area contributed by atoms with Crippen molar-refractivity contribution in [2.45, 2.75) is 4.21 Å². The summed E-state index contributed by atoms with van der Waals surface area (Å²) in [6.07, 6.45) is 0. The largest absolute Gasteiger partial charge is 0.504 e. The lowest BCUT2D eigenvalue weighted by molar-refractivity contribution is 0.262. The number of thiophene rings is 2. The number of carbonyl (C=O) groups is 1. The molecular weight excluding hydrogens is 346 g/mol. The number of hydrogen-bond donors (Lipinski definition) is 4. The summed E-state index contributed by atoms with van der Waals surface area (Å²) in [5.41, 5.74) is 0.360. The molecule has 2 heterocycles. The molecule has 0 bridgehead atoms. The van der Waals surface area contributed by atoms with E-state index in [2.05, 4.69) is 10.6 Å². The van der Waals surface area contributed by atoms with Crippen molar-refractivity contribution in [2.24, 2.45) is 5.14 Å². The summed E-state index contributed by atoms with van der Waals surface area (Å²) in [6.45, 7) is 0. The molecule has 0 fully saturated rings. The predicted octanol–water partition coefficient (Wildman–Crippen LogP) is 2.46. The topological polar surface area (TPSA) is 122 Å². The van der Waals surface area contributed by atoms with Gasteiger partial charge >= 0.3 is 6.03 Å². The molecule has 2 aromatic rings. The zero-order valence-corrected chi connectivity index (χ0v) is 12.8. The molecule has 0 aliphatic heterocycles. The average molecular weight is 354 g/mol. The summed E-state index contributed by atoms with van der Waals surface area (Å²) in [6, 6.07) is 0.940. The number of nitrogens with two attached hydrogens (primary N) is 1. The molecule has 2 aromatic heterocycles. The molecule has 108 valence electrons. The normalized spacial score (nSPS) is 11.3. The number of anilines is 2. The number of urea groups is 1. The Hall–Kier alpha value is -1.33. The Morgan fingerprint density at radius 3 is 2.45 bits per heavy atom. The van der Waals surface area contributed by atoms with Gasteiger partial charge in [0.05, 0.1) is 11.4 Å². The van der Waals surface area contributed by atoms with Gasteiger partial charge in [-0.2, -0.15) is 0 Å². The van der Waals surface area contributed by atoms with Gasteiger partial charge in [-0.05, 0) is 11.4 Å². The Labute approximate surface area is 127 Å². The molecule has 5 N–H and O–H groups in total. The van der Waals surface area contributed by atoms with E-state index in [1.807, 2.05) is 0 Å². The molecular formula is C9H8ClN3O4S3. The molecule has 0 aliphatic carbocycles. The van der Waals surface area contributed by atoms with Gasteiger partial charge in [-0.15, -0.1) is 22.7 Å². The number of hydrogen-bond acceptors (Lipinski definition) is 6. The second-order valence-corrected chi connectivity index (χ2v) is 7.67. The number of halogens is 1. The molecule has 20 heavy (non-hydrogen) atoms. The summed E-state index contributed by atoms with van der Waals surface area (Å²) in [5, 5.41) is 22.3. The fraction of sp³-hybridized carbons (Fsp3) is 0. The number of nitrogens with one attached hydrogen (secondary N) is 2. The highest BCUT2D eigenvalue weighted by molar-refractivity contribution is 7.91. The minimum absolute atomic E-state index is 0.0529. The monoisotopic (exact) mass is 353 g/mol. The highest BCUT2D eigenvalue weighted by atomic mass is 35.5. The number of primary sulfonamides is 1. The lowest BCUT2D eigenvalue weighted by atomic mass is 10.5. The zero-order valence-electron chi connectivity index (χ0n) is 9.58. The SMILES string of the molecule is NS(=O)(=O)c1scc(NC(=O)Nc2ccsc2Cl)c1O. The van der Waals surface area contributed by atoms with Crippen molar-refractivity contribution < 1.29 is 18.3 Å². The van der Waals surface area contributed by atoms with Crippen LogP contribution in [0.25, 0.3) is 0 Å². The first-order valence-electron chi connectivity index (χ1n) is 4.93. The summed E-state index contributed by atoms with van der Waals surface area (Å²) in [7, 11) is -4.03. The van der Waals surface area contributed by atoms with Crippen molar-refractivity contribution in [3.63, 3.8) is 0 Å². The van der Waals surface area contributed by atoms with E-state index in [1.165, 1.54) is 16.7 Å². The van der Waals surface area contributed by atoms with Gasteiger partial charge in [0, 0.05) is 5.38 Å². The highest BCUT2D eigenvalue weighted by Crippen LogP contribution is 2.37. The number of sulfonamides is 1. The van der Waals surface area contributed by atoms with E-state index in [-0.39, 0.29) is 5.69 Å². The Bertz CT molecular complexity index is 752. The Morgan fingerprint density at radius 1 is 1.30 bits per heavy atom. The van der Waals surface area contributed by atoms with Crippen LogP contribution >= 0.6 is 34.3 Å². The maximum Gasteiger partial charge on any atom is 0.323 e. The number of amides is 2. The molecule has 2 amide bonds. The minimum atomic E-state index is -4.03. The maximum atomic E-state index is 11.7. The van der Waals surface area contributed by atoms with Crippen molar-refractivity contribution in [3.05, 3.63) is 21.2 Å². The number of carbonyl (C=O) groups excluding carboxylic acids is 1. The fourth-order valence-electron chi connectivity index (χ4n) is 1.28. The van der Waals surface area contributed by atoms with Crippen LogP contribution in [0.2, 0.25) is 4.34 Å². The minimum Gasteiger partial charge on any atom is -0.504 e. The lowest BCUT2D eigenvalue weighted by Crippen LogP contribution is -2.19. The smallest absolute Gasteiger partial charge is 0.323 e. The van der Waals surface area contributed by atoms with E-state index >= 15 is 0 Å². The van der Waals surface area contributed by atoms with Crippen LogP contribution in [0.4, 0.5) is 16.2 Å². The van der Waals surface area contributed by atoms with Gasteiger partial charge in [0.1, 0.15) is 4.34 Å². The van der Waals surface area contributed by atoms with Crippen LogP contribution in [-0.4, -0.2) is 19.6 Å². The quantitative estimate of drug-likeness (QED) is 0.677. The Morgan fingerprint density at radius 2 is 1.95 bits per heavy atom. The molecule has 0 spiro atoms. The zero-order chi connectivity index (χ0) is 14.9. The molecule has 0 aromatic carbocycles. The summed E-state index contributed by atoms with van der Waals surface area (Å²) < 4.78 is 22.3.